The second-order valence-electron chi connectivity index (χ2n) is 4.53. The van der Waals surface area contributed by atoms with Crippen LogP contribution in [0.5, 0.6) is 0 Å². The number of rotatable bonds is 2. The van der Waals surface area contributed by atoms with Crippen molar-refractivity contribution in [3.8, 4) is 0 Å². The molecule has 0 radical (unpaired) electrons. The molecule has 1 atom stereocenters. The Bertz CT molecular complexity index is 473. The fraction of sp³-hybridized carbons (Fsp3) is 0.462. The van der Waals surface area contributed by atoms with Crippen molar-refractivity contribution >= 4 is 6.09 Å². The molecular formula is C13H14F3NO2. The van der Waals surface area contributed by atoms with Gasteiger partial charge in [0.2, 0.25) is 0 Å². The fourth-order valence-corrected chi connectivity index (χ4v) is 2.31. The Balaban J connectivity index is 2.01. The zero-order chi connectivity index (χ0) is 14.0. The molecule has 1 aliphatic rings. The highest BCUT2D eigenvalue weighted by molar-refractivity contribution is 5.68. The van der Waals surface area contributed by atoms with Gasteiger partial charge in [-0.2, -0.15) is 13.2 Å². The average molecular weight is 273 g/mol. The first kappa shape index (κ1) is 13.7. The SMILES string of the molecule is CN(C(=O)OCC(F)(F)F)C1CCc2ccccc21. The van der Waals surface area contributed by atoms with Crippen molar-refractivity contribution in [3.63, 3.8) is 0 Å². The third kappa shape index (κ3) is 3.19. The molecule has 0 aromatic heterocycles. The van der Waals surface area contributed by atoms with Gasteiger partial charge in [0, 0.05) is 7.05 Å². The summed E-state index contributed by atoms with van der Waals surface area (Å²) in [6, 6.07) is 7.40. The van der Waals surface area contributed by atoms with E-state index in [-0.39, 0.29) is 6.04 Å². The first-order valence-corrected chi connectivity index (χ1v) is 5.92. The lowest BCUT2D eigenvalue weighted by Gasteiger charge is -2.25. The number of aryl methyl sites for hydroxylation is 1. The lowest BCUT2D eigenvalue weighted by Crippen LogP contribution is -2.33. The number of amides is 1. The highest BCUT2D eigenvalue weighted by Gasteiger charge is 2.33. The molecule has 3 nitrogen and oxygen atoms in total. The largest absolute Gasteiger partial charge is 0.440 e. The van der Waals surface area contributed by atoms with Crippen molar-refractivity contribution in [2.75, 3.05) is 13.7 Å². The molecule has 1 aromatic carbocycles. The molecule has 0 saturated carbocycles. The van der Waals surface area contributed by atoms with Crippen molar-refractivity contribution in [1.82, 2.24) is 4.90 Å². The second kappa shape index (κ2) is 5.11. The van der Waals surface area contributed by atoms with Crippen LogP contribution in [-0.4, -0.2) is 30.8 Å². The highest BCUT2D eigenvalue weighted by atomic mass is 19.4. The number of ether oxygens (including phenoxy) is 1. The summed E-state index contributed by atoms with van der Waals surface area (Å²) in [6.07, 6.45) is -3.92. The molecule has 0 aliphatic heterocycles. The summed E-state index contributed by atoms with van der Waals surface area (Å²) in [5.74, 6) is 0. The van der Waals surface area contributed by atoms with Crippen LogP contribution in [0.3, 0.4) is 0 Å². The molecule has 1 aromatic rings. The molecule has 1 amide bonds. The quantitative estimate of drug-likeness (QED) is 0.827. The lowest BCUT2D eigenvalue weighted by atomic mass is 10.1. The van der Waals surface area contributed by atoms with E-state index >= 15 is 0 Å². The van der Waals surface area contributed by atoms with Gasteiger partial charge in [-0.15, -0.1) is 0 Å². The van der Waals surface area contributed by atoms with Crippen LogP contribution in [0.25, 0.3) is 0 Å². The number of carbonyl (C=O) groups excluding carboxylic acids is 1. The van der Waals surface area contributed by atoms with Crippen LogP contribution in [-0.2, 0) is 11.2 Å². The predicted octanol–water partition coefficient (Wildman–Crippen LogP) is 3.30. The first-order chi connectivity index (χ1) is 8.88. The van der Waals surface area contributed by atoms with E-state index in [0.717, 1.165) is 17.5 Å². The van der Waals surface area contributed by atoms with E-state index in [1.807, 2.05) is 24.3 Å². The minimum Gasteiger partial charge on any atom is -0.440 e. The van der Waals surface area contributed by atoms with E-state index in [0.29, 0.717) is 6.42 Å². The molecule has 19 heavy (non-hydrogen) atoms. The van der Waals surface area contributed by atoms with Gasteiger partial charge in [0.15, 0.2) is 6.61 Å². The Hall–Kier alpha value is -1.72. The van der Waals surface area contributed by atoms with Crippen molar-refractivity contribution in [2.24, 2.45) is 0 Å². The molecule has 1 unspecified atom stereocenters. The molecule has 0 N–H and O–H groups in total. The Morgan fingerprint density at radius 2 is 2.11 bits per heavy atom. The molecule has 1 aliphatic carbocycles. The van der Waals surface area contributed by atoms with Gasteiger partial charge in [-0.1, -0.05) is 24.3 Å². The maximum atomic E-state index is 12.0. The monoisotopic (exact) mass is 273 g/mol. The van der Waals surface area contributed by atoms with Crippen molar-refractivity contribution in [1.29, 1.82) is 0 Å². The highest BCUT2D eigenvalue weighted by Crippen LogP contribution is 2.35. The number of hydrogen-bond donors (Lipinski definition) is 0. The molecule has 0 fully saturated rings. The van der Waals surface area contributed by atoms with Gasteiger partial charge in [-0.05, 0) is 24.0 Å². The Morgan fingerprint density at radius 1 is 1.42 bits per heavy atom. The zero-order valence-corrected chi connectivity index (χ0v) is 10.4. The summed E-state index contributed by atoms with van der Waals surface area (Å²) in [7, 11) is 1.46. The Labute approximate surface area is 109 Å². The van der Waals surface area contributed by atoms with Gasteiger partial charge in [-0.25, -0.2) is 4.79 Å². The molecule has 0 bridgehead atoms. The van der Waals surface area contributed by atoms with Crippen LogP contribution in [0, 0.1) is 0 Å². The topological polar surface area (TPSA) is 29.5 Å². The third-order valence-electron chi connectivity index (χ3n) is 3.22. The molecule has 0 spiro atoms. The number of benzene rings is 1. The number of nitrogens with zero attached hydrogens (tertiary/aromatic N) is 1. The van der Waals surface area contributed by atoms with Crippen LogP contribution in [0.15, 0.2) is 24.3 Å². The molecule has 6 heteroatoms. The van der Waals surface area contributed by atoms with E-state index in [9.17, 15) is 18.0 Å². The van der Waals surface area contributed by atoms with E-state index in [1.54, 1.807) is 0 Å². The van der Waals surface area contributed by atoms with Crippen LogP contribution < -0.4 is 0 Å². The lowest BCUT2D eigenvalue weighted by molar-refractivity contribution is -0.162. The normalized spacial score (nSPS) is 18.0. The van der Waals surface area contributed by atoms with Crippen molar-refractivity contribution < 1.29 is 22.7 Å². The number of fused-ring (bicyclic) bond motifs is 1. The number of hydrogen-bond acceptors (Lipinski definition) is 2. The third-order valence-corrected chi connectivity index (χ3v) is 3.22. The number of halogens is 3. The van der Waals surface area contributed by atoms with Gasteiger partial charge >= 0.3 is 12.3 Å². The fourth-order valence-electron chi connectivity index (χ4n) is 2.31. The summed E-state index contributed by atoms with van der Waals surface area (Å²) < 4.78 is 40.3. The summed E-state index contributed by atoms with van der Waals surface area (Å²) in [5, 5.41) is 0. The maximum absolute atomic E-state index is 12.0. The molecule has 104 valence electrons. The van der Waals surface area contributed by atoms with E-state index in [2.05, 4.69) is 4.74 Å². The number of carbonyl (C=O) groups is 1. The summed E-state index contributed by atoms with van der Waals surface area (Å²) in [6.45, 7) is -1.55. The second-order valence-corrected chi connectivity index (χ2v) is 4.53. The molecular weight excluding hydrogens is 259 g/mol. The Kier molecular flexibility index (Phi) is 3.68. The van der Waals surface area contributed by atoms with Gasteiger partial charge in [0.05, 0.1) is 6.04 Å². The summed E-state index contributed by atoms with van der Waals surface area (Å²) in [5.41, 5.74) is 2.11. The predicted molar refractivity (Wildman–Crippen MR) is 62.7 cm³/mol. The standard InChI is InChI=1S/C13H14F3NO2/c1-17(12(18)19-8-13(14,15)16)11-7-6-9-4-2-3-5-10(9)11/h2-5,11H,6-8H2,1H3. The molecule has 0 heterocycles. The first-order valence-electron chi connectivity index (χ1n) is 5.92. The van der Waals surface area contributed by atoms with Crippen molar-refractivity contribution in [3.05, 3.63) is 35.4 Å². The summed E-state index contributed by atoms with van der Waals surface area (Å²) in [4.78, 5) is 12.8. The van der Waals surface area contributed by atoms with Crippen molar-refractivity contribution in [2.45, 2.75) is 25.1 Å². The van der Waals surface area contributed by atoms with Crippen LogP contribution >= 0.6 is 0 Å². The maximum Gasteiger partial charge on any atom is 0.422 e. The minimum absolute atomic E-state index is 0.211. The van der Waals surface area contributed by atoms with E-state index in [1.165, 1.54) is 11.9 Å². The van der Waals surface area contributed by atoms with Crippen LogP contribution in [0.2, 0.25) is 0 Å². The van der Waals surface area contributed by atoms with Crippen LogP contribution in [0.4, 0.5) is 18.0 Å². The minimum atomic E-state index is -4.50. The van der Waals surface area contributed by atoms with Gasteiger partial charge in [-0.3, -0.25) is 0 Å². The molecule has 2 rings (SSSR count). The Morgan fingerprint density at radius 3 is 2.79 bits per heavy atom. The summed E-state index contributed by atoms with van der Waals surface area (Å²) >= 11 is 0. The van der Waals surface area contributed by atoms with E-state index < -0.39 is 18.9 Å². The van der Waals surface area contributed by atoms with Gasteiger partial charge in [0.1, 0.15) is 0 Å². The zero-order valence-electron chi connectivity index (χ0n) is 10.4. The average Bonchev–Trinajstić information content (AvgIpc) is 2.78. The molecule has 0 saturated heterocycles. The van der Waals surface area contributed by atoms with Gasteiger partial charge < -0.3 is 9.64 Å². The van der Waals surface area contributed by atoms with E-state index in [4.69, 9.17) is 0 Å². The van der Waals surface area contributed by atoms with Gasteiger partial charge in [0.25, 0.3) is 0 Å². The van der Waals surface area contributed by atoms with Crippen LogP contribution in [0.1, 0.15) is 23.6 Å². The smallest absolute Gasteiger partial charge is 0.422 e. The number of alkyl halides is 3.